The van der Waals surface area contributed by atoms with Gasteiger partial charge in [-0.25, -0.2) is 0 Å². The van der Waals surface area contributed by atoms with E-state index in [2.05, 4.69) is 37.6 Å². The summed E-state index contributed by atoms with van der Waals surface area (Å²) in [5, 5.41) is 0. The van der Waals surface area contributed by atoms with Crippen molar-refractivity contribution in [2.75, 3.05) is 39.8 Å². The molecule has 0 amide bonds. The molecule has 130 valence electrons. The lowest BCUT2D eigenvalue weighted by Crippen LogP contribution is -2.44. The smallest absolute Gasteiger partial charge is 0.0578 e. The van der Waals surface area contributed by atoms with Gasteiger partial charge in [0, 0.05) is 26.2 Å². The molecule has 1 heterocycles. The van der Waals surface area contributed by atoms with Gasteiger partial charge in [-0.1, -0.05) is 6.92 Å². The van der Waals surface area contributed by atoms with E-state index in [4.69, 9.17) is 4.74 Å². The number of likely N-dealkylation sites (N-methyl/N-ethyl adjacent to an activating group) is 1. The van der Waals surface area contributed by atoms with Crippen LogP contribution in [-0.2, 0) is 4.74 Å². The number of hydrogen-bond acceptors (Lipinski definition) is 3. The zero-order chi connectivity index (χ0) is 15.9. The highest BCUT2D eigenvalue weighted by Crippen LogP contribution is 2.32. The van der Waals surface area contributed by atoms with E-state index < -0.39 is 0 Å². The zero-order valence-corrected chi connectivity index (χ0v) is 15.4. The SMILES string of the molecule is CC(C)O[C@H]1CC[C@H](C[C@H](C)CCN2CCN(C)CC2)CC1. The third-order valence-electron chi connectivity index (χ3n) is 5.53. The third kappa shape index (κ3) is 6.55. The Labute approximate surface area is 138 Å². The summed E-state index contributed by atoms with van der Waals surface area (Å²) >= 11 is 0. The molecule has 2 fully saturated rings. The Morgan fingerprint density at radius 2 is 1.59 bits per heavy atom. The van der Waals surface area contributed by atoms with Gasteiger partial charge in [0.05, 0.1) is 12.2 Å². The molecule has 2 aliphatic rings. The number of piperazine rings is 1. The van der Waals surface area contributed by atoms with Gasteiger partial charge < -0.3 is 14.5 Å². The molecule has 0 aromatic rings. The molecule has 0 N–H and O–H groups in total. The lowest BCUT2D eigenvalue weighted by atomic mass is 9.81. The highest BCUT2D eigenvalue weighted by Gasteiger charge is 2.24. The fourth-order valence-electron chi connectivity index (χ4n) is 4.05. The van der Waals surface area contributed by atoms with Gasteiger partial charge in [-0.2, -0.15) is 0 Å². The zero-order valence-electron chi connectivity index (χ0n) is 15.4. The van der Waals surface area contributed by atoms with Crippen LogP contribution < -0.4 is 0 Å². The van der Waals surface area contributed by atoms with E-state index in [0.717, 1.165) is 11.8 Å². The molecule has 1 aliphatic heterocycles. The van der Waals surface area contributed by atoms with Gasteiger partial charge >= 0.3 is 0 Å². The maximum atomic E-state index is 5.97. The van der Waals surface area contributed by atoms with E-state index in [9.17, 15) is 0 Å². The normalized spacial score (nSPS) is 29.9. The van der Waals surface area contributed by atoms with E-state index in [1.54, 1.807) is 0 Å². The molecule has 1 aliphatic carbocycles. The van der Waals surface area contributed by atoms with Gasteiger partial charge in [-0.05, 0) is 77.8 Å². The van der Waals surface area contributed by atoms with Gasteiger partial charge in [0.15, 0.2) is 0 Å². The molecule has 0 aromatic carbocycles. The summed E-state index contributed by atoms with van der Waals surface area (Å²) in [6.07, 6.45) is 9.09. The van der Waals surface area contributed by atoms with Crippen LogP contribution in [-0.4, -0.2) is 61.8 Å². The standard InChI is InChI=1S/C19H38N2O/c1-16(2)22-19-7-5-18(6-8-19)15-17(3)9-10-21-13-11-20(4)12-14-21/h16-19H,5-15H2,1-4H3/t17-,18-,19-/m1/s1. The van der Waals surface area contributed by atoms with Crippen LogP contribution in [0.5, 0.6) is 0 Å². The van der Waals surface area contributed by atoms with Gasteiger partial charge in [0.2, 0.25) is 0 Å². The van der Waals surface area contributed by atoms with Gasteiger partial charge in [-0.3, -0.25) is 0 Å². The minimum Gasteiger partial charge on any atom is -0.376 e. The van der Waals surface area contributed by atoms with Gasteiger partial charge in [-0.15, -0.1) is 0 Å². The van der Waals surface area contributed by atoms with Gasteiger partial charge in [0.25, 0.3) is 0 Å². The van der Waals surface area contributed by atoms with E-state index >= 15 is 0 Å². The lowest BCUT2D eigenvalue weighted by Gasteiger charge is -2.34. The topological polar surface area (TPSA) is 15.7 Å². The van der Waals surface area contributed by atoms with E-state index in [1.807, 2.05) is 0 Å². The fraction of sp³-hybridized carbons (Fsp3) is 1.00. The maximum absolute atomic E-state index is 5.97. The highest BCUT2D eigenvalue weighted by atomic mass is 16.5. The monoisotopic (exact) mass is 310 g/mol. The van der Waals surface area contributed by atoms with Crippen molar-refractivity contribution in [3.05, 3.63) is 0 Å². The summed E-state index contributed by atoms with van der Waals surface area (Å²) in [6, 6.07) is 0. The first kappa shape index (κ1) is 18.2. The summed E-state index contributed by atoms with van der Waals surface area (Å²) in [5.74, 6) is 1.83. The Morgan fingerprint density at radius 3 is 2.18 bits per heavy atom. The van der Waals surface area contributed by atoms with Crippen molar-refractivity contribution < 1.29 is 4.74 Å². The Balaban J connectivity index is 1.57. The van der Waals surface area contributed by atoms with Crippen molar-refractivity contribution in [3.8, 4) is 0 Å². The van der Waals surface area contributed by atoms with Crippen molar-refractivity contribution in [1.82, 2.24) is 9.80 Å². The Bertz CT molecular complexity index is 292. The first-order chi connectivity index (χ1) is 10.5. The molecule has 3 heteroatoms. The molecule has 0 spiro atoms. The van der Waals surface area contributed by atoms with Crippen LogP contribution >= 0.6 is 0 Å². The Hall–Kier alpha value is -0.120. The minimum atomic E-state index is 0.393. The Kier molecular flexibility index (Phi) is 7.66. The fourth-order valence-corrected chi connectivity index (χ4v) is 4.05. The quantitative estimate of drug-likeness (QED) is 0.714. The average molecular weight is 311 g/mol. The largest absolute Gasteiger partial charge is 0.376 e. The van der Waals surface area contributed by atoms with Gasteiger partial charge in [0.1, 0.15) is 0 Å². The molecular weight excluding hydrogens is 272 g/mol. The summed E-state index contributed by atoms with van der Waals surface area (Å²) in [4.78, 5) is 5.10. The van der Waals surface area contributed by atoms with E-state index in [0.29, 0.717) is 12.2 Å². The molecule has 0 radical (unpaired) electrons. The predicted molar refractivity (Wildman–Crippen MR) is 94.3 cm³/mol. The predicted octanol–water partition coefficient (Wildman–Crippen LogP) is 3.63. The molecule has 1 atom stereocenters. The average Bonchev–Trinajstić information content (AvgIpc) is 2.48. The molecule has 1 saturated carbocycles. The summed E-state index contributed by atoms with van der Waals surface area (Å²) < 4.78 is 5.97. The molecule has 1 saturated heterocycles. The van der Waals surface area contributed by atoms with Crippen molar-refractivity contribution in [3.63, 3.8) is 0 Å². The first-order valence-corrected chi connectivity index (χ1v) is 9.59. The molecule has 22 heavy (non-hydrogen) atoms. The minimum absolute atomic E-state index is 0.393. The lowest BCUT2D eigenvalue weighted by molar-refractivity contribution is -0.0213. The van der Waals surface area contributed by atoms with E-state index in [1.165, 1.54) is 71.2 Å². The second-order valence-electron chi connectivity index (χ2n) is 8.10. The highest BCUT2D eigenvalue weighted by molar-refractivity contribution is 4.76. The van der Waals surface area contributed by atoms with Crippen molar-refractivity contribution in [2.45, 2.75) is 71.5 Å². The van der Waals surface area contributed by atoms with Crippen molar-refractivity contribution in [1.29, 1.82) is 0 Å². The summed E-state index contributed by atoms with van der Waals surface area (Å²) in [6.45, 7) is 13.1. The Morgan fingerprint density at radius 1 is 0.955 bits per heavy atom. The molecule has 0 bridgehead atoms. The first-order valence-electron chi connectivity index (χ1n) is 9.59. The number of hydrogen-bond donors (Lipinski definition) is 0. The molecule has 0 aromatic heterocycles. The maximum Gasteiger partial charge on any atom is 0.0578 e. The van der Waals surface area contributed by atoms with Crippen molar-refractivity contribution in [2.24, 2.45) is 11.8 Å². The third-order valence-corrected chi connectivity index (χ3v) is 5.53. The second-order valence-corrected chi connectivity index (χ2v) is 8.10. The number of ether oxygens (including phenoxy) is 1. The van der Waals surface area contributed by atoms with Crippen LogP contribution in [0.1, 0.15) is 59.3 Å². The van der Waals surface area contributed by atoms with Crippen LogP contribution in [0.4, 0.5) is 0 Å². The van der Waals surface area contributed by atoms with Crippen LogP contribution in [0.15, 0.2) is 0 Å². The number of nitrogens with zero attached hydrogens (tertiary/aromatic N) is 2. The van der Waals surface area contributed by atoms with Crippen LogP contribution in [0, 0.1) is 11.8 Å². The molecular formula is C19H38N2O. The molecule has 0 unspecified atom stereocenters. The molecule has 2 rings (SSSR count). The van der Waals surface area contributed by atoms with Crippen LogP contribution in [0.2, 0.25) is 0 Å². The molecule has 3 nitrogen and oxygen atoms in total. The van der Waals surface area contributed by atoms with Crippen LogP contribution in [0.3, 0.4) is 0 Å². The summed E-state index contributed by atoms with van der Waals surface area (Å²) in [5.41, 5.74) is 0. The number of rotatable bonds is 7. The van der Waals surface area contributed by atoms with Crippen LogP contribution in [0.25, 0.3) is 0 Å². The van der Waals surface area contributed by atoms with Crippen molar-refractivity contribution >= 4 is 0 Å². The van der Waals surface area contributed by atoms with E-state index in [-0.39, 0.29) is 0 Å². The second kappa shape index (κ2) is 9.24. The summed E-state index contributed by atoms with van der Waals surface area (Å²) in [7, 11) is 2.24.